The summed E-state index contributed by atoms with van der Waals surface area (Å²) in [5.74, 6) is -0.0909. The van der Waals surface area contributed by atoms with Crippen LogP contribution in [0.5, 0.6) is 0 Å². The fraction of sp³-hybridized carbons (Fsp3) is 0.391. The van der Waals surface area contributed by atoms with Crippen LogP contribution >= 0.6 is 0 Å². The van der Waals surface area contributed by atoms with E-state index in [-0.39, 0.29) is 11.8 Å². The predicted molar refractivity (Wildman–Crippen MR) is 111 cm³/mol. The van der Waals surface area contributed by atoms with Gasteiger partial charge in [-0.05, 0) is 67.5 Å². The summed E-state index contributed by atoms with van der Waals surface area (Å²) in [6.07, 6.45) is 5.79. The Bertz CT molecular complexity index is 858. The van der Waals surface area contributed by atoms with Crippen molar-refractivity contribution in [2.75, 3.05) is 17.2 Å². The fourth-order valence-electron chi connectivity index (χ4n) is 4.18. The molecule has 2 N–H and O–H groups in total. The molecule has 2 aliphatic rings. The van der Waals surface area contributed by atoms with Crippen molar-refractivity contribution in [2.24, 2.45) is 0 Å². The van der Waals surface area contributed by atoms with Gasteiger partial charge in [-0.25, -0.2) is 0 Å². The van der Waals surface area contributed by atoms with Crippen LogP contribution in [0.1, 0.15) is 49.8 Å². The Kier molecular flexibility index (Phi) is 5.44. The van der Waals surface area contributed by atoms with Gasteiger partial charge in [0.2, 0.25) is 11.8 Å². The molecule has 2 amide bonds. The molecule has 0 aliphatic heterocycles. The molecule has 0 bridgehead atoms. The third-order valence-corrected chi connectivity index (χ3v) is 5.57. The van der Waals surface area contributed by atoms with Crippen molar-refractivity contribution in [3.05, 3.63) is 59.7 Å². The zero-order valence-corrected chi connectivity index (χ0v) is 16.3. The van der Waals surface area contributed by atoms with Gasteiger partial charge in [-0.2, -0.15) is 0 Å². The van der Waals surface area contributed by atoms with Gasteiger partial charge >= 0.3 is 0 Å². The lowest BCUT2D eigenvalue weighted by Gasteiger charge is -2.35. The average Bonchev–Trinajstić information content (AvgIpc) is 3.52. The second kappa shape index (κ2) is 8.15. The quantitative estimate of drug-likeness (QED) is 0.796. The predicted octanol–water partition coefficient (Wildman–Crippen LogP) is 4.13. The minimum atomic E-state index is -0.107. The summed E-state index contributed by atoms with van der Waals surface area (Å²) in [6.45, 7) is 1.89. The van der Waals surface area contributed by atoms with Crippen molar-refractivity contribution in [1.29, 1.82) is 0 Å². The summed E-state index contributed by atoms with van der Waals surface area (Å²) in [4.78, 5) is 26.3. The smallest absolute Gasteiger partial charge is 0.238 e. The number of fused-ring (bicyclic) bond motifs is 1. The van der Waals surface area contributed by atoms with Crippen LogP contribution in [0.3, 0.4) is 0 Å². The van der Waals surface area contributed by atoms with Crippen molar-refractivity contribution in [1.82, 2.24) is 4.90 Å². The first-order valence-corrected chi connectivity index (χ1v) is 10.1. The Morgan fingerprint density at radius 3 is 2.32 bits per heavy atom. The first-order valence-electron chi connectivity index (χ1n) is 10.1. The number of amides is 2. The van der Waals surface area contributed by atoms with Gasteiger partial charge in [0, 0.05) is 30.4 Å². The number of carbonyl (C=O) groups excluding carboxylic acids is 2. The van der Waals surface area contributed by atoms with E-state index in [0.717, 1.165) is 24.2 Å². The minimum Gasteiger partial charge on any atom is -0.326 e. The van der Waals surface area contributed by atoms with Gasteiger partial charge < -0.3 is 10.6 Å². The summed E-state index contributed by atoms with van der Waals surface area (Å²) in [6, 6.07) is 16.8. The van der Waals surface area contributed by atoms with E-state index < -0.39 is 0 Å². The molecule has 0 spiro atoms. The number of carbonyl (C=O) groups is 2. The Morgan fingerprint density at radius 2 is 1.64 bits per heavy atom. The topological polar surface area (TPSA) is 61.4 Å². The Hall–Kier alpha value is -2.66. The highest BCUT2D eigenvalue weighted by Crippen LogP contribution is 2.40. The Balaban J connectivity index is 1.43. The van der Waals surface area contributed by atoms with Crippen LogP contribution in [0, 0.1) is 0 Å². The van der Waals surface area contributed by atoms with Crippen LogP contribution in [0.25, 0.3) is 0 Å². The minimum absolute atomic E-state index is 0.0160. The fourth-order valence-corrected chi connectivity index (χ4v) is 4.18. The molecule has 4 rings (SSSR count). The number of hydrogen-bond acceptors (Lipinski definition) is 3. The Morgan fingerprint density at radius 1 is 0.964 bits per heavy atom. The van der Waals surface area contributed by atoms with E-state index >= 15 is 0 Å². The molecule has 0 heterocycles. The monoisotopic (exact) mass is 377 g/mol. The van der Waals surface area contributed by atoms with Gasteiger partial charge in [0.15, 0.2) is 0 Å². The highest BCUT2D eigenvalue weighted by atomic mass is 16.2. The zero-order chi connectivity index (χ0) is 19.5. The van der Waals surface area contributed by atoms with Gasteiger partial charge in [0.1, 0.15) is 0 Å². The van der Waals surface area contributed by atoms with Crippen molar-refractivity contribution in [3.63, 3.8) is 0 Å². The second-order valence-corrected chi connectivity index (χ2v) is 7.82. The average molecular weight is 377 g/mol. The number of aryl methyl sites for hydroxylation is 1. The molecule has 146 valence electrons. The molecule has 1 fully saturated rings. The lowest BCUT2D eigenvalue weighted by molar-refractivity contribution is -0.118. The summed E-state index contributed by atoms with van der Waals surface area (Å²) < 4.78 is 0. The third kappa shape index (κ3) is 4.42. The largest absolute Gasteiger partial charge is 0.326 e. The summed E-state index contributed by atoms with van der Waals surface area (Å²) in [7, 11) is 0. The molecule has 1 unspecified atom stereocenters. The standard InChI is InChI=1S/C23H27N3O2/c1-16(27)24-18-9-11-19(12-10-18)25-23(28)15-26(20-13-14-20)22-8-4-6-17-5-2-3-7-21(17)22/h2-3,5,7,9-12,20,22H,4,6,8,13-15H2,1H3,(H,24,27)(H,25,28). The number of rotatable bonds is 6. The van der Waals surface area contributed by atoms with Crippen molar-refractivity contribution in [3.8, 4) is 0 Å². The maximum Gasteiger partial charge on any atom is 0.238 e. The van der Waals surface area contributed by atoms with Crippen LogP contribution in [0.15, 0.2) is 48.5 Å². The number of nitrogens with zero attached hydrogens (tertiary/aromatic N) is 1. The highest BCUT2D eigenvalue weighted by molar-refractivity contribution is 5.93. The molecule has 2 aliphatic carbocycles. The van der Waals surface area contributed by atoms with Crippen molar-refractivity contribution in [2.45, 2.75) is 51.1 Å². The van der Waals surface area contributed by atoms with Gasteiger partial charge in [0.25, 0.3) is 0 Å². The van der Waals surface area contributed by atoms with Gasteiger partial charge in [-0.3, -0.25) is 14.5 Å². The van der Waals surface area contributed by atoms with E-state index in [0.29, 0.717) is 18.6 Å². The molecule has 1 atom stereocenters. The van der Waals surface area contributed by atoms with Gasteiger partial charge in [-0.1, -0.05) is 24.3 Å². The lowest BCUT2D eigenvalue weighted by atomic mass is 9.86. The SMILES string of the molecule is CC(=O)Nc1ccc(NC(=O)CN(C2CC2)C2CCCc3ccccc32)cc1. The molecular formula is C23H27N3O2. The first kappa shape index (κ1) is 18.7. The summed E-state index contributed by atoms with van der Waals surface area (Å²) >= 11 is 0. The molecule has 5 heteroatoms. The molecule has 2 aromatic carbocycles. The number of hydrogen-bond donors (Lipinski definition) is 2. The molecular weight excluding hydrogens is 350 g/mol. The molecule has 0 saturated heterocycles. The van der Waals surface area contributed by atoms with E-state index in [4.69, 9.17) is 0 Å². The molecule has 0 radical (unpaired) electrons. The van der Waals surface area contributed by atoms with Crippen LogP contribution in [0.4, 0.5) is 11.4 Å². The maximum absolute atomic E-state index is 12.7. The molecule has 5 nitrogen and oxygen atoms in total. The number of nitrogens with one attached hydrogen (secondary N) is 2. The zero-order valence-electron chi connectivity index (χ0n) is 16.3. The van der Waals surface area contributed by atoms with Gasteiger partial charge in [0.05, 0.1) is 6.54 Å². The van der Waals surface area contributed by atoms with Crippen molar-refractivity contribution < 1.29 is 9.59 Å². The molecule has 1 saturated carbocycles. The summed E-state index contributed by atoms with van der Waals surface area (Å²) in [5.41, 5.74) is 4.30. The molecule has 0 aromatic heterocycles. The normalized spacial score (nSPS) is 18.4. The molecule has 28 heavy (non-hydrogen) atoms. The first-order chi connectivity index (χ1) is 13.6. The van der Waals surface area contributed by atoms with E-state index in [9.17, 15) is 9.59 Å². The Labute approximate surface area is 166 Å². The highest BCUT2D eigenvalue weighted by Gasteiger charge is 2.37. The third-order valence-electron chi connectivity index (χ3n) is 5.57. The van der Waals surface area contributed by atoms with E-state index in [1.165, 1.54) is 37.3 Å². The van der Waals surface area contributed by atoms with Crippen LogP contribution < -0.4 is 10.6 Å². The van der Waals surface area contributed by atoms with Crippen LogP contribution in [-0.2, 0) is 16.0 Å². The van der Waals surface area contributed by atoms with Gasteiger partial charge in [-0.15, -0.1) is 0 Å². The number of anilines is 2. The maximum atomic E-state index is 12.7. The lowest BCUT2D eigenvalue weighted by Crippen LogP contribution is -2.39. The van der Waals surface area contributed by atoms with E-state index in [1.54, 1.807) is 12.1 Å². The molecule has 2 aromatic rings. The van der Waals surface area contributed by atoms with E-state index in [2.05, 4.69) is 39.8 Å². The van der Waals surface area contributed by atoms with Crippen LogP contribution in [-0.4, -0.2) is 29.3 Å². The van der Waals surface area contributed by atoms with Crippen LogP contribution in [0.2, 0.25) is 0 Å². The summed E-state index contributed by atoms with van der Waals surface area (Å²) in [5, 5.41) is 5.74. The number of benzene rings is 2. The van der Waals surface area contributed by atoms with Crippen molar-refractivity contribution >= 4 is 23.2 Å². The van der Waals surface area contributed by atoms with E-state index in [1.807, 2.05) is 12.1 Å². The second-order valence-electron chi connectivity index (χ2n) is 7.82.